The summed E-state index contributed by atoms with van der Waals surface area (Å²) in [7, 11) is -3.07. The molecule has 0 aliphatic rings. The second-order valence-electron chi connectivity index (χ2n) is 4.66. The fourth-order valence-electron chi connectivity index (χ4n) is 1.84. The van der Waals surface area contributed by atoms with Gasteiger partial charge in [-0.05, 0) is 37.2 Å². The predicted octanol–water partition coefficient (Wildman–Crippen LogP) is 2.09. The Kier molecular flexibility index (Phi) is 8.24. The van der Waals surface area contributed by atoms with Crippen LogP contribution in [0.15, 0.2) is 28.7 Å². The van der Waals surface area contributed by atoms with Crippen LogP contribution < -0.4 is 10.1 Å². The Morgan fingerprint density at radius 2 is 1.90 bits per heavy atom. The van der Waals surface area contributed by atoms with Crippen LogP contribution >= 0.6 is 15.9 Å². The number of ether oxygens (including phenoxy) is 1. The van der Waals surface area contributed by atoms with Crippen LogP contribution in [0.3, 0.4) is 0 Å². The minimum absolute atomic E-state index is 0.519. The number of hydrogen-bond acceptors (Lipinski definition) is 4. The van der Waals surface area contributed by atoms with Crippen molar-refractivity contribution >= 4 is 26.0 Å². The van der Waals surface area contributed by atoms with E-state index in [-0.39, 0.29) is 0 Å². The lowest BCUT2D eigenvalue weighted by Crippen LogP contribution is -2.33. The molecule has 1 aromatic carbocycles. The first-order chi connectivity index (χ1) is 9.93. The van der Waals surface area contributed by atoms with E-state index in [1.54, 1.807) is 0 Å². The van der Waals surface area contributed by atoms with Crippen LogP contribution in [0.5, 0.6) is 5.75 Å². The summed E-state index contributed by atoms with van der Waals surface area (Å²) >= 11 is 3.37. The maximum atomic E-state index is 11.4. The van der Waals surface area contributed by atoms with E-state index < -0.39 is 10.0 Å². The summed E-state index contributed by atoms with van der Waals surface area (Å²) in [4.78, 5) is 0. The van der Waals surface area contributed by atoms with Crippen molar-refractivity contribution in [3.8, 4) is 5.75 Å². The van der Waals surface area contributed by atoms with Gasteiger partial charge in [-0.1, -0.05) is 22.9 Å². The van der Waals surface area contributed by atoms with Gasteiger partial charge in [-0.2, -0.15) is 0 Å². The lowest BCUT2D eigenvalue weighted by Gasteiger charge is -2.17. The highest BCUT2D eigenvalue weighted by molar-refractivity contribution is 9.10. The number of hydrogen-bond donors (Lipinski definition) is 1. The molecule has 0 amide bonds. The molecule has 21 heavy (non-hydrogen) atoms. The van der Waals surface area contributed by atoms with E-state index >= 15 is 0 Å². The van der Waals surface area contributed by atoms with Gasteiger partial charge in [-0.3, -0.25) is 0 Å². The minimum atomic E-state index is -3.07. The first kappa shape index (κ1) is 18.4. The second kappa shape index (κ2) is 9.40. The first-order valence-corrected chi connectivity index (χ1v) is 9.62. The van der Waals surface area contributed by atoms with E-state index in [9.17, 15) is 8.42 Å². The third-order valence-corrected chi connectivity index (χ3v) is 4.85. The highest BCUT2D eigenvalue weighted by atomic mass is 79.9. The zero-order valence-electron chi connectivity index (χ0n) is 12.5. The van der Waals surface area contributed by atoms with Crippen molar-refractivity contribution in [1.29, 1.82) is 0 Å². The summed E-state index contributed by atoms with van der Waals surface area (Å²) in [6, 6.07) is 7.70. The molecule has 1 aromatic rings. The predicted molar refractivity (Wildman–Crippen MR) is 89.2 cm³/mol. The molecule has 0 aliphatic heterocycles. The number of halogens is 1. The summed E-state index contributed by atoms with van der Waals surface area (Å²) in [6.45, 7) is 5.02. The topological polar surface area (TPSA) is 58.6 Å². The van der Waals surface area contributed by atoms with Crippen LogP contribution in [0.4, 0.5) is 0 Å². The summed E-state index contributed by atoms with van der Waals surface area (Å²) in [5.41, 5.74) is 0. The lowest BCUT2D eigenvalue weighted by atomic mass is 10.3. The van der Waals surface area contributed by atoms with Crippen molar-refractivity contribution in [3.63, 3.8) is 0 Å². The van der Waals surface area contributed by atoms with Crippen molar-refractivity contribution in [2.45, 2.75) is 13.3 Å². The van der Waals surface area contributed by atoms with Gasteiger partial charge in [-0.15, -0.1) is 0 Å². The second-order valence-corrected chi connectivity index (χ2v) is 7.56. The molecule has 1 N–H and O–H groups in total. The molecule has 120 valence electrons. The molecule has 0 saturated heterocycles. The monoisotopic (exact) mass is 378 g/mol. The van der Waals surface area contributed by atoms with E-state index in [2.05, 4.69) is 21.2 Å². The fourth-order valence-corrected chi connectivity index (χ4v) is 3.03. The van der Waals surface area contributed by atoms with Gasteiger partial charge < -0.3 is 10.1 Å². The van der Waals surface area contributed by atoms with Gasteiger partial charge in [-0.25, -0.2) is 12.7 Å². The molecule has 0 spiro atoms. The smallest absolute Gasteiger partial charge is 0.211 e. The molecular weight excluding hydrogens is 356 g/mol. The van der Waals surface area contributed by atoms with Gasteiger partial charge in [0.05, 0.1) is 6.26 Å². The Labute approximate surface area is 135 Å². The molecule has 0 atom stereocenters. The van der Waals surface area contributed by atoms with Crippen LogP contribution in [-0.4, -0.2) is 51.8 Å². The number of rotatable bonds is 10. The average Bonchev–Trinajstić information content (AvgIpc) is 2.42. The number of benzene rings is 1. The SMILES string of the molecule is CCN(CCCNCCOc1ccc(Br)cc1)S(C)(=O)=O. The molecule has 0 aromatic heterocycles. The van der Waals surface area contributed by atoms with E-state index in [1.807, 2.05) is 31.2 Å². The van der Waals surface area contributed by atoms with Gasteiger partial charge in [0.1, 0.15) is 12.4 Å². The largest absolute Gasteiger partial charge is 0.492 e. The quantitative estimate of drug-likeness (QED) is 0.633. The summed E-state index contributed by atoms with van der Waals surface area (Å²) in [5.74, 6) is 0.842. The molecule has 0 aliphatic carbocycles. The molecule has 5 nitrogen and oxygen atoms in total. The van der Waals surface area contributed by atoms with E-state index in [0.29, 0.717) is 19.7 Å². The average molecular weight is 379 g/mol. The Morgan fingerprint density at radius 1 is 1.24 bits per heavy atom. The Bertz CT molecular complexity index is 505. The van der Waals surface area contributed by atoms with Crippen LogP contribution in [0.2, 0.25) is 0 Å². The maximum Gasteiger partial charge on any atom is 0.211 e. The zero-order chi connectivity index (χ0) is 15.7. The molecule has 0 saturated carbocycles. The third kappa shape index (κ3) is 7.80. The molecule has 0 fully saturated rings. The number of sulfonamides is 1. The van der Waals surface area contributed by atoms with Gasteiger partial charge >= 0.3 is 0 Å². The van der Waals surface area contributed by atoms with Crippen LogP contribution in [0.1, 0.15) is 13.3 Å². The fraction of sp³-hybridized carbons (Fsp3) is 0.571. The Balaban J connectivity index is 2.08. The highest BCUT2D eigenvalue weighted by Gasteiger charge is 2.12. The van der Waals surface area contributed by atoms with Crippen molar-refractivity contribution in [2.75, 3.05) is 39.0 Å². The standard InChI is InChI=1S/C14H23BrN2O3S/c1-3-17(21(2,18)19)11-4-9-16-10-12-20-14-7-5-13(15)6-8-14/h5-8,16H,3-4,9-12H2,1-2H3. The Morgan fingerprint density at radius 3 is 2.48 bits per heavy atom. The van der Waals surface area contributed by atoms with Crippen LogP contribution in [-0.2, 0) is 10.0 Å². The van der Waals surface area contributed by atoms with Crippen molar-refractivity contribution in [1.82, 2.24) is 9.62 Å². The Hall–Kier alpha value is -0.630. The number of nitrogens with zero attached hydrogens (tertiary/aromatic N) is 1. The van der Waals surface area contributed by atoms with Crippen molar-refractivity contribution in [3.05, 3.63) is 28.7 Å². The molecule has 0 radical (unpaired) electrons. The summed E-state index contributed by atoms with van der Waals surface area (Å²) < 4.78 is 30.9. The van der Waals surface area contributed by atoms with Crippen LogP contribution in [0, 0.1) is 0 Å². The summed E-state index contributed by atoms with van der Waals surface area (Å²) in [6.07, 6.45) is 2.04. The first-order valence-electron chi connectivity index (χ1n) is 6.97. The van der Waals surface area contributed by atoms with Gasteiger partial charge in [0.25, 0.3) is 0 Å². The highest BCUT2D eigenvalue weighted by Crippen LogP contribution is 2.15. The van der Waals surface area contributed by atoms with Gasteiger partial charge in [0, 0.05) is 24.1 Å². The van der Waals surface area contributed by atoms with Crippen molar-refractivity contribution in [2.24, 2.45) is 0 Å². The van der Waals surface area contributed by atoms with Crippen LogP contribution in [0.25, 0.3) is 0 Å². The van der Waals surface area contributed by atoms with E-state index in [1.165, 1.54) is 10.6 Å². The molecular formula is C14H23BrN2O3S. The third-order valence-electron chi connectivity index (χ3n) is 2.94. The van der Waals surface area contributed by atoms with Crippen molar-refractivity contribution < 1.29 is 13.2 Å². The summed E-state index contributed by atoms with van der Waals surface area (Å²) in [5, 5.41) is 3.24. The number of nitrogens with one attached hydrogen (secondary N) is 1. The van der Waals surface area contributed by atoms with E-state index in [4.69, 9.17) is 4.74 Å². The normalized spacial score (nSPS) is 11.8. The molecule has 0 unspecified atom stereocenters. The molecule has 7 heteroatoms. The van der Waals surface area contributed by atoms with E-state index in [0.717, 1.165) is 29.7 Å². The van der Waals surface area contributed by atoms with Gasteiger partial charge in [0.2, 0.25) is 10.0 Å². The molecule has 0 bridgehead atoms. The minimum Gasteiger partial charge on any atom is -0.492 e. The van der Waals surface area contributed by atoms with Gasteiger partial charge in [0.15, 0.2) is 0 Å². The maximum absolute atomic E-state index is 11.4. The molecule has 1 rings (SSSR count). The molecule has 0 heterocycles. The lowest BCUT2D eigenvalue weighted by molar-refractivity contribution is 0.312. The zero-order valence-corrected chi connectivity index (χ0v) is 14.9.